The van der Waals surface area contributed by atoms with E-state index in [0.29, 0.717) is 18.7 Å². The number of anilines is 1. The van der Waals surface area contributed by atoms with Gasteiger partial charge in [-0.05, 0) is 62.3 Å². The third-order valence-corrected chi connectivity index (χ3v) is 5.45. The second-order valence-electron chi connectivity index (χ2n) is 7.22. The van der Waals surface area contributed by atoms with Crippen LogP contribution in [0.5, 0.6) is 0 Å². The van der Waals surface area contributed by atoms with Gasteiger partial charge in [-0.15, -0.1) is 0 Å². The first kappa shape index (κ1) is 16.1. The van der Waals surface area contributed by atoms with E-state index in [1.165, 1.54) is 12.1 Å². The van der Waals surface area contributed by atoms with Gasteiger partial charge in [0.05, 0.1) is 0 Å². The van der Waals surface area contributed by atoms with E-state index in [-0.39, 0.29) is 30.1 Å². The monoisotopic (exact) mass is 345 g/mol. The van der Waals surface area contributed by atoms with E-state index < -0.39 is 11.6 Å². The van der Waals surface area contributed by atoms with E-state index in [2.05, 4.69) is 5.32 Å². The van der Waals surface area contributed by atoms with Crippen molar-refractivity contribution >= 4 is 23.5 Å². The minimum absolute atomic E-state index is 0.155. The lowest BCUT2D eigenvalue weighted by Crippen LogP contribution is -2.48. The quantitative estimate of drug-likeness (QED) is 0.850. The first-order chi connectivity index (χ1) is 11.9. The van der Waals surface area contributed by atoms with Crippen LogP contribution in [0.15, 0.2) is 18.2 Å². The average molecular weight is 345 g/mol. The minimum Gasteiger partial charge on any atom is -0.323 e. The molecule has 1 unspecified atom stereocenters. The number of aryl methyl sites for hydroxylation is 1. The number of amides is 4. The highest BCUT2D eigenvalue weighted by atomic mass is 19.1. The number of nitrogens with one attached hydrogen (secondary N) is 1. The highest BCUT2D eigenvalue weighted by Gasteiger charge is 2.56. The predicted octanol–water partition coefficient (Wildman–Crippen LogP) is 1.83. The van der Waals surface area contributed by atoms with Crippen LogP contribution in [0.4, 0.5) is 14.9 Å². The van der Waals surface area contributed by atoms with Crippen LogP contribution < -0.4 is 10.2 Å². The van der Waals surface area contributed by atoms with Gasteiger partial charge in [0.2, 0.25) is 5.91 Å². The summed E-state index contributed by atoms with van der Waals surface area (Å²) in [7, 11) is 0. The second kappa shape index (κ2) is 5.54. The van der Waals surface area contributed by atoms with E-state index in [9.17, 15) is 18.8 Å². The summed E-state index contributed by atoms with van der Waals surface area (Å²) in [4.78, 5) is 40.2. The fourth-order valence-corrected chi connectivity index (χ4v) is 3.84. The highest BCUT2D eigenvalue weighted by molar-refractivity contribution is 6.10. The van der Waals surface area contributed by atoms with Gasteiger partial charge >= 0.3 is 6.03 Å². The van der Waals surface area contributed by atoms with Gasteiger partial charge in [-0.1, -0.05) is 0 Å². The van der Waals surface area contributed by atoms with Gasteiger partial charge < -0.3 is 10.2 Å². The molecule has 2 heterocycles. The molecular formula is C18H20FN3O3. The largest absolute Gasteiger partial charge is 0.325 e. The summed E-state index contributed by atoms with van der Waals surface area (Å²) in [5, 5.41) is 2.74. The third kappa shape index (κ3) is 2.58. The topological polar surface area (TPSA) is 69.7 Å². The van der Waals surface area contributed by atoms with Gasteiger partial charge in [0.15, 0.2) is 0 Å². The molecule has 132 valence electrons. The number of urea groups is 1. The molecule has 7 heteroatoms. The molecule has 0 bridgehead atoms. The van der Waals surface area contributed by atoms with Crippen LogP contribution in [0.3, 0.4) is 0 Å². The van der Waals surface area contributed by atoms with Gasteiger partial charge in [-0.2, -0.15) is 0 Å². The number of carbonyl (C=O) groups is 3. The van der Waals surface area contributed by atoms with Gasteiger partial charge in [0.1, 0.15) is 17.9 Å². The van der Waals surface area contributed by atoms with Crippen LogP contribution in [0.2, 0.25) is 0 Å². The fraction of sp³-hybridized carbons (Fsp3) is 0.500. The highest BCUT2D eigenvalue weighted by Crippen LogP contribution is 2.42. The Bertz CT molecular complexity index is 777. The lowest BCUT2D eigenvalue weighted by molar-refractivity contribution is -0.134. The van der Waals surface area contributed by atoms with Crippen molar-refractivity contribution in [2.75, 3.05) is 18.0 Å². The van der Waals surface area contributed by atoms with Crippen LogP contribution in [-0.2, 0) is 16.0 Å². The molecule has 3 aliphatic rings. The molecular weight excluding hydrogens is 325 g/mol. The minimum atomic E-state index is -0.889. The molecule has 6 nitrogen and oxygen atoms in total. The zero-order valence-corrected chi connectivity index (χ0v) is 14.0. The van der Waals surface area contributed by atoms with E-state index in [4.69, 9.17) is 0 Å². The van der Waals surface area contributed by atoms with Gasteiger partial charge in [-0.25, -0.2) is 9.18 Å². The number of imide groups is 1. The summed E-state index contributed by atoms with van der Waals surface area (Å²) in [5.74, 6) is -0.828. The lowest BCUT2D eigenvalue weighted by Gasteiger charge is -2.30. The summed E-state index contributed by atoms with van der Waals surface area (Å²) in [6.07, 6.45) is 3.26. The molecule has 0 radical (unpaired) electrons. The zero-order chi connectivity index (χ0) is 17.8. The Labute approximate surface area is 145 Å². The fourth-order valence-electron chi connectivity index (χ4n) is 3.84. The Hall–Kier alpha value is -2.44. The van der Waals surface area contributed by atoms with E-state index >= 15 is 0 Å². The van der Waals surface area contributed by atoms with Gasteiger partial charge in [0, 0.05) is 12.2 Å². The molecule has 1 N–H and O–H groups in total. The molecule has 1 saturated heterocycles. The molecule has 25 heavy (non-hydrogen) atoms. The zero-order valence-electron chi connectivity index (χ0n) is 14.0. The van der Waals surface area contributed by atoms with Crippen molar-refractivity contribution in [3.8, 4) is 0 Å². The van der Waals surface area contributed by atoms with E-state index in [0.717, 1.165) is 29.7 Å². The van der Waals surface area contributed by atoms with Crippen LogP contribution in [0.25, 0.3) is 0 Å². The number of fused-ring (bicyclic) bond motifs is 1. The first-order valence-electron chi connectivity index (χ1n) is 8.63. The Balaban J connectivity index is 1.53. The lowest BCUT2D eigenvalue weighted by atomic mass is 9.96. The third-order valence-electron chi connectivity index (χ3n) is 5.45. The predicted molar refractivity (Wildman–Crippen MR) is 88.4 cm³/mol. The number of benzene rings is 1. The molecule has 1 aromatic rings. The second-order valence-corrected chi connectivity index (χ2v) is 7.22. The Kier molecular flexibility index (Phi) is 3.56. The van der Waals surface area contributed by atoms with Crippen molar-refractivity contribution in [3.05, 3.63) is 29.6 Å². The van der Waals surface area contributed by atoms with Gasteiger partial charge in [-0.3, -0.25) is 14.5 Å². The van der Waals surface area contributed by atoms with Crippen LogP contribution in [0, 0.1) is 11.7 Å². The Morgan fingerprint density at radius 2 is 2.12 bits per heavy atom. The summed E-state index contributed by atoms with van der Waals surface area (Å²) in [5.41, 5.74) is 0.551. The maximum atomic E-state index is 13.4. The Morgan fingerprint density at radius 3 is 2.84 bits per heavy atom. The van der Waals surface area contributed by atoms with Crippen molar-refractivity contribution < 1.29 is 18.8 Å². The number of rotatable bonds is 3. The van der Waals surface area contributed by atoms with Crippen LogP contribution in [0.1, 0.15) is 31.7 Å². The SMILES string of the molecule is CC1(C2CC2)NC(=O)N(CC(=O)N2CCCc3cc(F)ccc32)C1=O. The average Bonchev–Trinajstić information content (AvgIpc) is 3.40. The van der Waals surface area contributed by atoms with Crippen molar-refractivity contribution in [2.45, 2.75) is 38.1 Å². The van der Waals surface area contributed by atoms with Crippen molar-refractivity contribution in [3.63, 3.8) is 0 Å². The molecule has 0 aromatic heterocycles. The van der Waals surface area contributed by atoms with Crippen molar-refractivity contribution in [1.82, 2.24) is 10.2 Å². The number of carbonyl (C=O) groups excluding carboxylic acids is 3. The summed E-state index contributed by atoms with van der Waals surface area (Å²) >= 11 is 0. The molecule has 2 aliphatic heterocycles. The van der Waals surface area contributed by atoms with Gasteiger partial charge in [0.25, 0.3) is 5.91 Å². The van der Waals surface area contributed by atoms with Crippen LogP contribution in [-0.4, -0.2) is 41.4 Å². The molecule has 1 atom stereocenters. The molecule has 1 saturated carbocycles. The van der Waals surface area contributed by atoms with E-state index in [1.54, 1.807) is 17.9 Å². The molecule has 1 aliphatic carbocycles. The maximum Gasteiger partial charge on any atom is 0.325 e. The van der Waals surface area contributed by atoms with Crippen molar-refractivity contribution in [1.29, 1.82) is 0 Å². The number of nitrogens with zero attached hydrogens (tertiary/aromatic N) is 2. The Morgan fingerprint density at radius 1 is 1.36 bits per heavy atom. The number of halogens is 1. The molecule has 4 amide bonds. The first-order valence-corrected chi connectivity index (χ1v) is 8.63. The number of hydrogen-bond donors (Lipinski definition) is 1. The summed E-state index contributed by atoms with van der Waals surface area (Å²) < 4.78 is 13.4. The molecule has 1 aromatic carbocycles. The smallest absolute Gasteiger partial charge is 0.323 e. The standard InChI is InChI=1S/C18H20FN3O3/c1-18(12-4-5-12)16(24)22(17(25)20-18)10-15(23)21-8-2-3-11-9-13(19)6-7-14(11)21/h6-7,9,12H,2-5,8,10H2,1H3,(H,20,25). The molecule has 4 rings (SSSR count). The normalized spacial score (nSPS) is 25.8. The molecule has 0 spiro atoms. The van der Waals surface area contributed by atoms with Crippen LogP contribution >= 0.6 is 0 Å². The van der Waals surface area contributed by atoms with Crippen molar-refractivity contribution in [2.24, 2.45) is 5.92 Å². The maximum absolute atomic E-state index is 13.4. The molecule has 2 fully saturated rings. The number of hydrogen-bond acceptors (Lipinski definition) is 3. The summed E-state index contributed by atoms with van der Waals surface area (Å²) in [6.45, 7) is 1.94. The summed E-state index contributed by atoms with van der Waals surface area (Å²) in [6, 6.07) is 3.83. The van der Waals surface area contributed by atoms with E-state index in [1.807, 2.05) is 0 Å².